The van der Waals surface area contributed by atoms with Gasteiger partial charge in [-0.15, -0.1) is 0 Å². The van der Waals surface area contributed by atoms with E-state index in [-0.39, 0.29) is 23.2 Å². The van der Waals surface area contributed by atoms with Crippen molar-refractivity contribution in [3.63, 3.8) is 0 Å². The smallest absolute Gasteiger partial charge is 0.342 e. The van der Waals surface area contributed by atoms with Gasteiger partial charge in [-0.2, -0.15) is 0 Å². The normalized spacial score (nSPS) is 12.3. The highest BCUT2D eigenvalue weighted by molar-refractivity contribution is 6.02. The number of anilines is 1. The van der Waals surface area contributed by atoms with Crippen LogP contribution in [0.5, 0.6) is 0 Å². The van der Waals surface area contributed by atoms with Gasteiger partial charge in [-0.25, -0.2) is 9.78 Å². The van der Waals surface area contributed by atoms with Gasteiger partial charge in [0.25, 0.3) is 0 Å². The van der Waals surface area contributed by atoms with Crippen molar-refractivity contribution in [2.75, 3.05) is 5.32 Å². The van der Waals surface area contributed by atoms with Crippen LogP contribution in [0.15, 0.2) is 48.7 Å². The van der Waals surface area contributed by atoms with Crippen molar-refractivity contribution in [2.24, 2.45) is 0 Å². The summed E-state index contributed by atoms with van der Waals surface area (Å²) in [4.78, 5) is 29.2. The molecule has 132 valence electrons. The van der Waals surface area contributed by atoms with Crippen LogP contribution in [-0.4, -0.2) is 22.5 Å². The maximum atomic E-state index is 12.7. The van der Waals surface area contributed by atoms with Crippen LogP contribution in [0.1, 0.15) is 56.0 Å². The number of benzene rings is 1. The molecule has 1 N–H and O–H groups in total. The minimum absolute atomic E-state index is 0.197. The number of pyridine rings is 1. The summed E-state index contributed by atoms with van der Waals surface area (Å²) in [5.74, 6) is -0.799. The third-order valence-corrected chi connectivity index (χ3v) is 3.59. The fraction of sp³-hybridized carbons (Fsp3) is 0.350. The van der Waals surface area contributed by atoms with Crippen molar-refractivity contribution in [3.05, 3.63) is 59.8 Å². The predicted molar refractivity (Wildman–Crippen MR) is 97.5 cm³/mol. The predicted octanol–water partition coefficient (Wildman–Crippen LogP) is 4.17. The van der Waals surface area contributed by atoms with Gasteiger partial charge >= 0.3 is 5.97 Å². The molecule has 0 fully saturated rings. The Balaban J connectivity index is 2.22. The van der Waals surface area contributed by atoms with E-state index in [1.807, 2.05) is 37.3 Å². The van der Waals surface area contributed by atoms with Crippen LogP contribution in [0.2, 0.25) is 0 Å². The van der Waals surface area contributed by atoms with E-state index in [2.05, 4.69) is 10.3 Å². The van der Waals surface area contributed by atoms with E-state index in [9.17, 15) is 9.59 Å². The second kappa shape index (κ2) is 7.92. The molecule has 0 saturated carbocycles. The molecular formula is C20H24N2O3. The Kier molecular flexibility index (Phi) is 5.91. The Hall–Kier alpha value is -2.69. The molecule has 1 atom stereocenters. The van der Waals surface area contributed by atoms with Gasteiger partial charge in [-0.05, 0) is 44.9 Å². The van der Waals surface area contributed by atoms with Gasteiger partial charge in [0.2, 0.25) is 5.91 Å². The molecular weight excluding hydrogens is 316 g/mol. The summed E-state index contributed by atoms with van der Waals surface area (Å²) in [5, 5.41) is 2.78. The van der Waals surface area contributed by atoms with E-state index in [1.165, 1.54) is 6.20 Å². The Labute approximate surface area is 148 Å². The summed E-state index contributed by atoms with van der Waals surface area (Å²) >= 11 is 0. The zero-order chi connectivity index (χ0) is 18.4. The second-order valence-corrected chi connectivity index (χ2v) is 6.76. The summed E-state index contributed by atoms with van der Waals surface area (Å²) in [6, 6.07) is 12.8. The van der Waals surface area contributed by atoms with Crippen LogP contribution in [0.25, 0.3) is 0 Å². The molecule has 0 bridgehead atoms. The minimum Gasteiger partial charge on any atom is -0.456 e. The monoisotopic (exact) mass is 340 g/mol. The molecule has 1 unspecified atom stereocenters. The molecule has 1 aromatic heterocycles. The van der Waals surface area contributed by atoms with E-state index >= 15 is 0 Å². The van der Waals surface area contributed by atoms with Crippen molar-refractivity contribution >= 4 is 17.7 Å². The number of carbonyl (C=O) groups is 2. The van der Waals surface area contributed by atoms with Crippen molar-refractivity contribution in [1.29, 1.82) is 0 Å². The minimum atomic E-state index is -0.621. The average Bonchev–Trinajstić information content (AvgIpc) is 2.55. The molecule has 2 rings (SSSR count). The molecule has 0 aliphatic rings. The standard InChI is InChI=1S/C20H24N2O3/c1-5-15(14-10-7-6-8-11-14)18(23)22-17-16(12-9-13-21-17)19(24)25-20(2,3)4/h6-13,15H,5H2,1-4H3,(H,21,22,23). The van der Waals surface area contributed by atoms with Gasteiger partial charge in [0, 0.05) is 6.20 Å². The summed E-state index contributed by atoms with van der Waals surface area (Å²) in [5.41, 5.74) is 0.551. The van der Waals surface area contributed by atoms with Crippen LogP contribution < -0.4 is 5.32 Å². The lowest BCUT2D eigenvalue weighted by Crippen LogP contribution is -2.26. The highest BCUT2D eigenvalue weighted by atomic mass is 16.6. The molecule has 1 aromatic carbocycles. The second-order valence-electron chi connectivity index (χ2n) is 6.76. The molecule has 1 heterocycles. The summed E-state index contributed by atoms with van der Waals surface area (Å²) in [7, 11) is 0. The number of esters is 1. The molecule has 0 aliphatic heterocycles. The maximum Gasteiger partial charge on any atom is 0.342 e. The molecule has 0 radical (unpaired) electrons. The number of amides is 1. The Bertz CT molecular complexity index is 736. The third-order valence-electron chi connectivity index (χ3n) is 3.59. The van der Waals surface area contributed by atoms with E-state index in [4.69, 9.17) is 4.74 Å². The first-order valence-corrected chi connectivity index (χ1v) is 8.36. The SMILES string of the molecule is CCC(C(=O)Nc1ncccc1C(=O)OC(C)(C)C)c1ccccc1. The lowest BCUT2D eigenvalue weighted by Gasteiger charge is -2.21. The third kappa shape index (κ3) is 5.14. The quantitative estimate of drug-likeness (QED) is 0.830. The van der Waals surface area contributed by atoms with Gasteiger partial charge in [-0.3, -0.25) is 4.79 Å². The van der Waals surface area contributed by atoms with Crippen molar-refractivity contribution in [3.8, 4) is 0 Å². The Morgan fingerprint density at radius 3 is 2.40 bits per heavy atom. The number of rotatable bonds is 5. The highest BCUT2D eigenvalue weighted by Gasteiger charge is 2.24. The fourth-order valence-electron chi connectivity index (χ4n) is 2.46. The van der Waals surface area contributed by atoms with Crippen LogP contribution >= 0.6 is 0 Å². The highest BCUT2D eigenvalue weighted by Crippen LogP contribution is 2.23. The Morgan fingerprint density at radius 1 is 1.12 bits per heavy atom. The number of hydrogen-bond acceptors (Lipinski definition) is 4. The Morgan fingerprint density at radius 2 is 1.80 bits per heavy atom. The number of aromatic nitrogens is 1. The van der Waals surface area contributed by atoms with Crippen LogP contribution in [0.3, 0.4) is 0 Å². The lowest BCUT2D eigenvalue weighted by molar-refractivity contribution is -0.117. The molecule has 0 spiro atoms. The van der Waals surface area contributed by atoms with E-state index in [0.29, 0.717) is 6.42 Å². The summed E-state index contributed by atoms with van der Waals surface area (Å²) in [6.45, 7) is 7.33. The molecule has 2 aromatic rings. The molecule has 0 aliphatic carbocycles. The van der Waals surface area contributed by atoms with Gasteiger partial charge < -0.3 is 10.1 Å². The van der Waals surface area contributed by atoms with Gasteiger partial charge in [0.1, 0.15) is 17.0 Å². The number of nitrogens with zero attached hydrogens (tertiary/aromatic N) is 1. The first-order valence-electron chi connectivity index (χ1n) is 8.36. The van der Waals surface area contributed by atoms with Crippen LogP contribution in [-0.2, 0) is 9.53 Å². The lowest BCUT2D eigenvalue weighted by atomic mass is 9.95. The first-order chi connectivity index (χ1) is 11.8. The molecule has 25 heavy (non-hydrogen) atoms. The van der Waals surface area contributed by atoms with Crippen molar-refractivity contribution in [1.82, 2.24) is 4.98 Å². The molecule has 5 nitrogen and oxygen atoms in total. The van der Waals surface area contributed by atoms with Gasteiger partial charge in [-0.1, -0.05) is 37.3 Å². The topological polar surface area (TPSA) is 68.3 Å². The summed E-state index contributed by atoms with van der Waals surface area (Å²) < 4.78 is 5.39. The van der Waals surface area contributed by atoms with Gasteiger partial charge in [0.15, 0.2) is 0 Å². The van der Waals surface area contributed by atoms with E-state index in [0.717, 1.165) is 5.56 Å². The fourth-order valence-corrected chi connectivity index (χ4v) is 2.46. The summed E-state index contributed by atoms with van der Waals surface area (Å²) in [6.07, 6.45) is 2.18. The van der Waals surface area contributed by atoms with E-state index < -0.39 is 11.6 Å². The number of ether oxygens (including phenoxy) is 1. The van der Waals surface area contributed by atoms with E-state index in [1.54, 1.807) is 32.9 Å². The van der Waals surface area contributed by atoms with Gasteiger partial charge in [0.05, 0.1) is 5.92 Å². The maximum absolute atomic E-state index is 12.7. The zero-order valence-corrected chi connectivity index (χ0v) is 15.1. The molecule has 1 amide bonds. The number of carbonyl (C=O) groups excluding carboxylic acids is 2. The van der Waals surface area contributed by atoms with Crippen LogP contribution in [0.4, 0.5) is 5.82 Å². The van der Waals surface area contributed by atoms with Crippen molar-refractivity contribution in [2.45, 2.75) is 45.6 Å². The number of nitrogens with one attached hydrogen (secondary N) is 1. The molecule has 5 heteroatoms. The largest absolute Gasteiger partial charge is 0.456 e. The first kappa shape index (κ1) is 18.6. The molecule has 0 saturated heterocycles. The number of hydrogen-bond donors (Lipinski definition) is 1. The zero-order valence-electron chi connectivity index (χ0n) is 15.1. The van der Waals surface area contributed by atoms with Crippen LogP contribution in [0, 0.1) is 0 Å². The average molecular weight is 340 g/mol. The van der Waals surface area contributed by atoms with Crippen molar-refractivity contribution < 1.29 is 14.3 Å².